The van der Waals surface area contributed by atoms with E-state index in [-0.39, 0.29) is 10.9 Å². The van der Waals surface area contributed by atoms with Gasteiger partial charge in [0.15, 0.2) is 0 Å². The van der Waals surface area contributed by atoms with Gasteiger partial charge >= 0.3 is 0 Å². The second-order valence-corrected chi connectivity index (χ2v) is 8.92. The highest BCUT2D eigenvalue weighted by molar-refractivity contribution is 7.92. The van der Waals surface area contributed by atoms with Gasteiger partial charge in [0.05, 0.1) is 5.75 Å². The predicted octanol–water partition coefficient (Wildman–Crippen LogP) is 4.76. The lowest BCUT2D eigenvalue weighted by atomic mass is 10.2. The Morgan fingerprint density at radius 3 is 2.48 bits per heavy atom. The third kappa shape index (κ3) is 4.70. The SMILES string of the molecule is Cc1ccc(-c2nnc(NS(=O)(=O)Cc3ccc(Cl)cc3Cl)s2)cc1. The average Bonchev–Trinajstić information content (AvgIpc) is 2.98. The van der Waals surface area contributed by atoms with Crippen LogP contribution >= 0.6 is 34.5 Å². The highest BCUT2D eigenvalue weighted by atomic mass is 35.5. The van der Waals surface area contributed by atoms with Gasteiger partial charge in [-0.05, 0) is 24.6 Å². The molecule has 0 fully saturated rings. The number of benzene rings is 2. The molecule has 130 valence electrons. The van der Waals surface area contributed by atoms with Crippen molar-refractivity contribution in [1.29, 1.82) is 0 Å². The third-order valence-corrected chi connectivity index (χ3v) is 6.13. The van der Waals surface area contributed by atoms with Gasteiger partial charge in [0.1, 0.15) is 5.01 Å². The minimum Gasteiger partial charge on any atom is -0.257 e. The predicted molar refractivity (Wildman–Crippen MR) is 103 cm³/mol. The van der Waals surface area contributed by atoms with E-state index in [4.69, 9.17) is 23.2 Å². The van der Waals surface area contributed by atoms with Crippen molar-refractivity contribution in [3.63, 3.8) is 0 Å². The van der Waals surface area contributed by atoms with E-state index in [2.05, 4.69) is 14.9 Å². The van der Waals surface area contributed by atoms with Crippen molar-refractivity contribution in [1.82, 2.24) is 10.2 Å². The monoisotopic (exact) mass is 413 g/mol. The van der Waals surface area contributed by atoms with E-state index in [0.29, 0.717) is 20.6 Å². The molecule has 25 heavy (non-hydrogen) atoms. The molecule has 0 saturated carbocycles. The summed E-state index contributed by atoms with van der Waals surface area (Å²) in [6, 6.07) is 12.4. The largest absolute Gasteiger partial charge is 0.257 e. The normalized spacial score (nSPS) is 11.5. The Morgan fingerprint density at radius 1 is 1.08 bits per heavy atom. The third-order valence-electron chi connectivity index (χ3n) is 3.33. The number of hydrogen-bond acceptors (Lipinski definition) is 5. The lowest BCUT2D eigenvalue weighted by Crippen LogP contribution is -2.15. The summed E-state index contributed by atoms with van der Waals surface area (Å²) in [6.45, 7) is 1.99. The molecule has 9 heteroatoms. The van der Waals surface area contributed by atoms with Gasteiger partial charge in [-0.25, -0.2) is 8.42 Å². The van der Waals surface area contributed by atoms with E-state index in [1.807, 2.05) is 31.2 Å². The summed E-state index contributed by atoms with van der Waals surface area (Å²) in [4.78, 5) is 0. The van der Waals surface area contributed by atoms with Gasteiger partial charge in [0.25, 0.3) is 0 Å². The average molecular weight is 414 g/mol. The molecule has 0 radical (unpaired) electrons. The zero-order valence-corrected chi connectivity index (χ0v) is 16.2. The van der Waals surface area contributed by atoms with Gasteiger partial charge in [-0.3, -0.25) is 4.72 Å². The maximum Gasteiger partial charge on any atom is 0.238 e. The topological polar surface area (TPSA) is 72.0 Å². The molecule has 3 aromatic rings. The van der Waals surface area contributed by atoms with Crippen molar-refractivity contribution in [2.75, 3.05) is 4.72 Å². The second kappa shape index (κ2) is 7.29. The van der Waals surface area contributed by atoms with Gasteiger partial charge in [-0.15, -0.1) is 10.2 Å². The molecule has 0 saturated heterocycles. The molecule has 1 aromatic heterocycles. The van der Waals surface area contributed by atoms with Crippen LogP contribution in [0.5, 0.6) is 0 Å². The number of halogens is 2. The highest BCUT2D eigenvalue weighted by Crippen LogP contribution is 2.28. The van der Waals surface area contributed by atoms with E-state index < -0.39 is 10.0 Å². The highest BCUT2D eigenvalue weighted by Gasteiger charge is 2.17. The summed E-state index contributed by atoms with van der Waals surface area (Å²) in [7, 11) is -3.67. The molecule has 3 rings (SSSR count). The number of anilines is 1. The van der Waals surface area contributed by atoms with Gasteiger partial charge in [-0.2, -0.15) is 0 Å². The van der Waals surface area contributed by atoms with Crippen molar-refractivity contribution < 1.29 is 8.42 Å². The van der Waals surface area contributed by atoms with Crippen LogP contribution in [0.4, 0.5) is 5.13 Å². The summed E-state index contributed by atoms with van der Waals surface area (Å²) in [5, 5.41) is 9.54. The summed E-state index contributed by atoms with van der Waals surface area (Å²) < 4.78 is 27.1. The zero-order chi connectivity index (χ0) is 18.0. The molecule has 0 aliphatic heterocycles. The van der Waals surface area contributed by atoms with Crippen molar-refractivity contribution in [3.8, 4) is 10.6 Å². The number of rotatable bonds is 5. The standard InChI is InChI=1S/C16H13Cl2N3O2S2/c1-10-2-4-11(5-3-10)15-19-20-16(24-15)21-25(22,23)9-12-6-7-13(17)8-14(12)18/h2-8H,9H2,1H3,(H,20,21). The van der Waals surface area contributed by atoms with E-state index in [9.17, 15) is 8.42 Å². The maximum atomic E-state index is 12.3. The van der Waals surface area contributed by atoms with E-state index in [1.165, 1.54) is 17.4 Å². The van der Waals surface area contributed by atoms with Crippen LogP contribution in [-0.2, 0) is 15.8 Å². The van der Waals surface area contributed by atoms with Gasteiger partial charge in [-0.1, -0.05) is 70.4 Å². The molecule has 1 heterocycles. The molecule has 0 unspecified atom stereocenters. The van der Waals surface area contributed by atoms with E-state index in [1.54, 1.807) is 12.1 Å². The Labute approximate surface area is 159 Å². The quantitative estimate of drug-likeness (QED) is 0.653. The molecule has 0 aliphatic carbocycles. The number of aromatic nitrogens is 2. The van der Waals surface area contributed by atoms with Gasteiger partial charge in [0.2, 0.25) is 15.2 Å². The zero-order valence-electron chi connectivity index (χ0n) is 13.0. The van der Waals surface area contributed by atoms with Gasteiger partial charge in [0, 0.05) is 15.6 Å². The minimum atomic E-state index is -3.67. The molecular formula is C16H13Cl2N3O2S2. The molecule has 2 aromatic carbocycles. The maximum absolute atomic E-state index is 12.3. The first-order chi connectivity index (χ1) is 11.8. The number of nitrogens with zero attached hydrogens (tertiary/aromatic N) is 2. The van der Waals surface area contributed by atoms with E-state index >= 15 is 0 Å². The molecule has 1 N–H and O–H groups in total. The van der Waals surface area contributed by atoms with Crippen molar-refractivity contribution >= 4 is 49.7 Å². The summed E-state index contributed by atoms with van der Waals surface area (Å²) >= 11 is 13.0. The first-order valence-corrected chi connectivity index (χ1v) is 10.4. The number of aryl methyl sites for hydroxylation is 1. The van der Waals surface area contributed by atoms with Crippen LogP contribution < -0.4 is 4.72 Å². The van der Waals surface area contributed by atoms with Crippen LogP contribution in [0.1, 0.15) is 11.1 Å². The van der Waals surface area contributed by atoms with Crippen molar-refractivity contribution in [2.24, 2.45) is 0 Å². The Kier molecular flexibility index (Phi) is 5.29. The molecule has 0 amide bonds. The fourth-order valence-corrected chi connectivity index (χ4v) is 4.83. The molecule has 0 aliphatic rings. The number of hydrogen-bond donors (Lipinski definition) is 1. The van der Waals surface area contributed by atoms with Crippen LogP contribution in [0.2, 0.25) is 10.0 Å². The van der Waals surface area contributed by atoms with Crippen LogP contribution in [0, 0.1) is 6.92 Å². The number of sulfonamides is 1. The molecular weight excluding hydrogens is 401 g/mol. The molecule has 0 atom stereocenters. The molecule has 5 nitrogen and oxygen atoms in total. The van der Waals surface area contributed by atoms with Gasteiger partial charge < -0.3 is 0 Å². The van der Waals surface area contributed by atoms with Crippen LogP contribution in [0.3, 0.4) is 0 Å². The summed E-state index contributed by atoms with van der Waals surface area (Å²) in [5.41, 5.74) is 2.48. The molecule has 0 bridgehead atoms. The lowest BCUT2D eigenvalue weighted by molar-refractivity contribution is 0.600. The smallest absolute Gasteiger partial charge is 0.238 e. The Bertz CT molecular complexity index is 1000. The fourth-order valence-electron chi connectivity index (χ4n) is 2.09. The Morgan fingerprint density at radius 2 is 1.80 bits per heavy atom. The van der Waals surface area contributed by atoms with Crippen LogP contribution in [-0.4, -0.2) is 18.6 Å². The minimum absolute atomic E-state index is 0.209. The van der Waals surface area contributed by atoms with Crippen LogP contribution in [0.15, 0.2) is 42.5 Å². The second-order valence-electron chi connectivity index (χ2n) is 5.38. The van der Waals surface area contributed by atoms with E-state index in [0.717, 1.165) is 11.1 Å². The fraction of sp³-hybridized carbons (Fsp3) is 0.125. The lowest BCUT2D eigenvalue weighted by Gasteiger charge is -2.06. The Hall–Kier alpha value is -1.67. The van der Waals surface area contributed by atoms with Crippen molar-refractivity contribution in [3.05, 3.63) is 63.6 Å². The van der Waals surface area contributed by atoms with Crippen molar-refractivity contribution in [2.45, 2.75) is 12.7 Å². The molecule has 0 spiro atoms. The number of nitrogens with one attached hydrogen (secondary N) is 1. The Balaban J connectivity index is 1.76. The van der Waals surface area contributed by atoms with Crippen LogP contribution in [0.25, 0.3) is 10.6 Å². The summed E-state index contributed by atoms with van der Waals surface area (Å²) in [6.07, 6.45) is 0. The first kappa shape index (κ1) is 18.1. The first-order valence-electron chi connectivity index (χ1n) is 7.17. The summed E-state index contributed by atoms with van der Waals surface area (Å²) in [5.74, 6) is -0.275.